The first-order chi connectivity index (χ1) is 9.11. The van der Waals surface area contributed by atoms with E-state index in [1.165, 1.54) is 0 Å². The fraction of sp³-hybridized carbons (Fsp3) is 0.308. The monoisotopic (exact) mass is 261 g/mol. The zero-order chi connectivity index (χ0) is 13.8. The molecular weight excluding hydrogens is 246 g/mol. The standard InChI is InChI=1S/C13H15N3O3/c1-9-14-12(7-8-13(17)18)16(15-9)10-5-3-4-6-11(10)19-2/h3-6H,7-8H2,1-2H3,(H,17,18). The summed E-state index contributed by atoms with van der Waals surface area (Å²) < 4.78 is 6.92. The number of carbonyl (C=O) groups is 1. The molecule has 0 aliphatic carbocycles. The zero-order valence-electron chi connectivity index (χ0n) is 10.8. The molecule has 0 saturated heterocycles. The van der Waals surface area contributed by atoms with Crippen molar-refractivity contribution in [1.29, 1.82) is 0 Å². The number of hydrogen-bond acceptors (Lipinski definition) is 4. The molecule has 0 aliphatic rings. The molecule has 0 radical (unpaired) electrons. The van der Waals surface area contributed by atoms with Crippen LogP contribution in [0, 0.1) is 6.92 Å². The maximum absolute atomic E-state index is 10.7. The van der Waals surface area contributed by atoms with Crippen LogP contribution in [0.5, 0.6) is 5.75 Å². The van der Waals surface area contributed by atoms with E-state index in [1.807, 2.05) is 24.3 Å². The topological polar surface area (TPSA) is 77.2 Å². The van der Waals surface area contributed by atoms with Crippen molar-refractivity contribution in [2.75, 3.05) is 7.11 Å². The maximum Gasteiger partial charge on any atom is 0.303 e. The lowest BCUT2D eigenvalue weighted by Crippen LogP contribution is -2.07. The number of para-hydroxylation sites is 2. The van der Waals surface area contributed by atoms with Gasteiger partial charge in [-0.2, -0.15) is 5.10 Å². The Bertz CT molecular complexity index is 593. The van der Waals surface area contributed by atoms with Crippen LogP contribution >= 0.6 is 0 Å². The van der Waals surface area contributed by atoms with Crippen LogP contribution in [0.1, 0.15) is 18.1 Å². The average molecular weight is 261 g/mol. The molecule has 1 aromatic carbocycles. The van der Waals surface area contributed by atoms with Crippen molar-refractivity contribution in [3.8, 4) is 11.4 Å². The highest BCUT2D eigenvalue weighted by Crippen LogP contribution is 2.22. The number of carboxylic acid groups (broad SMARTS) is 1. The molecule has 1 aromatic heterocycles. The van der Waals surface area contributed by atoms with Gasteiger partial charge in [-0.15, -0.1) is 0 Å². The van der Waals surface area contributed by atoms with Gasteiger partial charge in [0, 0.05) is 6.42 Å². The van der Waals surface area contributed by atoms with Crippen molar-refractivity contribution < 1.29 is 14.6 Å². The number of ether oxygens (including phenoxy) is 1. The largest absolute Gasteiger partial charge is 0.494 e. The van der Waals surface area contributed by atoms with Gasteiger partial charge >= 0.3 is 5.97 Å². The van der Waals surface area contributed by atoms with Crippen molar-refractivity contribution in [3.63, 3.8) is 0 Å². The van der Waals surface area contributed by atoms with E-state index >= 15 is 0 Å². The Hall–Kier alpha value is -2.37. The zero-order valence-corrected chi connectivity index (χ0v) is 10.8. The summed E-state index contributed by atoms with van der Waals surface area (Å²) in [6.07, 6.45) is 0.349. The van der Waals surface area contributed by atoms with Gasteiger partial charge in [0.1, 0.15) is 23.1 Å². The molecule has 0 bridgehead atoms. The highest BCUT2D eigenvalue weighted by atomic mass is 16.5. The summed E-state index contributed by atoms with van der Waals surface area (Å²) in [7, 11) is 1.58. The molecule has 0 fully saturated rings. The first-order valence-corrected chi connectivity index (χ1v) is 5.89. The molecule has 100 valence electrons. The molecule has 0 atom stereocenters. The van der Waals surface area contributed by atoms with Crippen LogP contribution < -0.4 is 4.74 Å². The van der Waals surface area contributed by atoms with Gasteiger partial charge < -0.3 is 9.84 Å². The molecule has 1 heterocycles. The van der Waals surface area contributed by atoms with Crippen molar-refractivity contribution in [3.05, 3.63) is 35.9 Å². The lowest BCUT2D eigenvalue weighted by atomic mass is 10.2. The van der Waals surface area contributed by atoms with Gasteiger partial charge in [-0.25, -0.2) is 9.67 Å². The molecule has 6 heteroatoms. The normalized spacial score (nSPS) is 10.4. The lowest BCUT2D eigenvalue weighted by Gasteiger charge is -2.09. The van der Waals surface area contributed by atoms with Crippen LogP contribution in [-0.4, -0.2) is 33.0 Å². The van der Waals surface area contributed by atoms with Crippen LogP contribution in [0.25, 0.3) is 5.69 Å². The van der Waals surface area contributed by atoms with Gasteiger partial charge in [0.05, 0.1) is 13.5 Å². The number of rotatable bonds is 5. The summed E-state index contributed by atoms with van der Waals surface area (Å²) in [5, 5.41) is 13.1. The molecule has 1 N–H and O–H groups in total. The number of benzene rings is 1. The van der Waals surface area contributed by atoms with Crippen LogP contribution in [-0.2, 0) is 11.2 Å². The second kappa shape index (κ2) is 5.51. The van der Waals surface area contributed by atoms with E-state index in [4.69, 9.17) is 9.84 Å². The van der Waals surface area contributed by atoms with E-state index < -0.39 is 5.97 Å². The minimum Gasteiger partial charge on any atom is -0.494 e. The maximum atomic E-state index is 10.7. The Morgan fingerprint density at radius 1 is 1.42 bits per heavy atom. The summed E-state index contributed by atoms with van der Waals surface area (Å²) >= 11 is 0. The SMILES string of the molecule is COc1ccccc1-n1nc(C)nc1CCC(=O)O. The fourth-order valence-electron chi connectivity index (χ4n) is 1.84. The number of aliphatic carboxylic acids is 1. The van der Waals surface area contributed by atoms with Gasteiger partial charge in [-0.3, -0.25) is 4.79 Å². The summed E-state index contributed by atoms with van der Waals surface area (Å²) in [6, 6.07) is 7.42. The molecule has 0 saturated carbocycles. The molecule has 2 rings (SSSR count). The number of carboxylic acids is 1. The Labute approximate surface area is 110 Å². The van der Waals surface area contributed by atoms with E-state index in [2.05, 4.69) is 10.1 Å². The lowest BCUT2D eigenvalue weighted by molar-refractivity contribution is -0.137. The summed E-state index contributed by atoms with van der Waals surface area (Å²) in [5.74, 6) is 1.03. The minimum absolute atomic E-state index is 0.0211. The third-order valence-electron chi connectivity index (χ3n) is 2.66. The van der Waals surface area contributed by atoms with E-state index in [0.717, 1.165) is 5.69 Å². The first-order valence-electron chi connectivity index (χ1n) is 5.89. The molecule has 0 spiro atoms. The summed E-state index contributed by atoms with van der Waals surface area (Å²) in [4.78, 5) is 14.9. The van der Waals surface area contributed by atoms with E-state index in [9.17, 15) is 4.79 Å². The van der Waals surface area contributed by atoms with E-state index in [-0.39, 0.29) is 6.42 Å². The third kappa shape index (κ3) is 2.90. The summed E-state index contributed by atoms with van der Waals surface area (Å²) in [5.41, 5.74) is 0.756. The molecule has 0 amide bonds. The van der Waals surface area contributed by atoms with E-state index in [0.29, 0.717) is 23.8 Å². The van der Waals surface area contributed by atoms with Gasteiger partial charge in [0.25, 0.3) is 0 Å². The second-order valence-electron chi connectivity index (χ2n) is 4.05. The van der Waals surface area contributed by atoms with Gasteiger partial charge in [0.2, 0.25) is 0 Å². The van der Waals surface area contributed by atoms with Crippen molar-refractivity contribution in [1.82, 2.24) is 14.8 Å². The minimum atomic E-state index is -0.854. The fourth-order valence-corrected chi connectivity index (χ4v) is 1.84. The predicted molar refractivity (Wildman–Crippen MR) is 68.6 cm³/mol. The van der Waals surface area contributed by atoms with Crippen molar-refractivity contribution in [2.24, 2.45) is 0 Å². The highest BCUT2D eigenvalue weighted by Gasteiger charge is 2.13. The first kappa shape index (κ1) is 13.1. The van der Waals surface area contributed by atoms with Gasteiger partial charge in [-0.05, 0) is 19.1 Å². The van der Waals surface area contributed by atoms with Crippen molar-refractivity contribution in [2.45, 2.75) is 19.8 Å². The molecular formula is C13H15N3O3. The number of methoxy groups -OCH3 is 1. The number of nitrogens with zero attached hydrogens (tertiary/aromatic N) is 3. The third-order valence-corrected chi connectivity index (χ3v) is 2.66. The number of aromatic nitrogens is 3. The number of hydrogen-bond donors (Lipinski definition) is 1. The van der Waals surface area contributed by atoms with Crippen LogP contribution in [0.3, 0.4) is 0 Å². The van der Waals surface area contributed by atoms with Gasteiger partial charge in [-0.1, -0.05) is 12.1 Å². The van der Waals surface area contributed by atoms with Crippen molar-refractivity contribution >= 4 is 5.97 Å². The number of aryl methyl sites for hydroxylation is 2. The van der Waals surface area contributed by atoms with Crippen LogP contribution in [0.2, 0.25) is 0 Å². The Balaban J connectivity index is 2.41. The Morgan fingerprint density at radius 2 is 2.16 bits per heavy atom. The predicted octanol–water partition coefficient (Wildman–Crippen LogP) is 1.60. The second-order valence-corrected chi connectivity index (χ2v) is 4.05. The van der Waals surface area contributed by atoms with Crippen LogP contribution in [0.4, 0.5) is 0 Å². The smallest absolute Gasteiger partial charge is 0.303 e. The van der Waals surface area contributed by atoms with E-state index in [1.54, 1.807) is 18.7 Å². The molecule has 0 aliphatic heterocycles. The summed E-state index contributed by atoms with van der Waals surface area (Å²) in [6.45, 7) is 1.77. The quantitative estimate of drug-likeness (QED) is 0.884. The molecule has 6 nitrogen and oxygen atoms in total. The Kier molecular flexibility index (Phi) is 3.79. The van der Waals surface area contributed by atoms with Gasteiger partial charge in [0.15, 0.2) is 0 Å². The molecule has 19 heavy (non-hydrogen) atoms. The molecule has 2 aromatic rings. The van der Waals surface area contributed by atoms with Crippen LogP contribution in [0.15, 0.2) is 24.3 Å². The molecule has 0 unspecified atom stereocenters. The Morgan fingerprint density at radius 3 is 2.84 bits per heavy atom. The average Bonchev–Trinajstić information content (AvgIpc) is 2.77. The highest BCUT2D eigenvalue weighted by molar-refractivity contribution is 5.66.